The quantitative estimate of drug-likeness (QED) is 0.578. The highest BCUT2D eigenvalue weighted by Crippen LogP contribution is 2.34. The van der Waals surface area contributed by atoms with Gasteiger partial charge in [-0.3, -0.25) is 11.3 Å². The van der Waals surface area contributed by atoms with Crippen molar-refractivity contribution in [3.8, 4) is 0 Å². The third kappa shape index (κ3) is 4.51. The second-order valence-corrected chi connectivity index (χ2v) is 7.05. The Labute approximate surface area is 135 Å². The Morgan fingerprint density at radius 1 is 1.33 bits per heavy atom. The lowest BCUT2D eigenvalue weighted by Crippen LogP contribution is -2.43. The van der Waals surface area contributed by atoms with Crippen LogP contribution in [0.5, 0.6) is 0 Å². The lowest BCUT2D eigenvalue weighted by atomic mass is 9.76. The van der Waals surface area contributed by atoms with E-state index < -0.39 is 0 Å². The maximum Gasteiger partial charge on any atom is 0.137 e. The molecule has 0 spiro atoms. The van der Waals surface area contributed by atoms with Crippen molar-refractivity contribution in [3.63, 3.8) is 0 Å². The predicted molar refractivity (Wildman–Crippen MR) is 89.3 cm³/mol. The molecule has 2 rings (SSSR count). The number of hydrazine groups is 1. The van der Waals surface area contributed by atoms with E-state index in [0.29, 0.717) is 10.4 Å². The number of hydrogen-bond acceptors (Lipinski definition) is 2. The first-order valence-electron chi connectivity index (χ1n) is 8.04. The summed E-state index contributed by atoms with van der Waals surface area (Å²) in [6.07, 6.45) is 8.48. The monoisotopic (exact) mass is 356 g/mol. The number of benzene rings is 1. The van der Waals surface area contributed by atoms with Gasteiger partial charge in [0.1, 0.15) is 5.82 Å². The summed E-state index contributed by atoms with van der Waals surface area (Å²) < 4.78 is 14.2. The number of nitrogens with one attached hydrogen (secondary N) is 1. The van der Waals surface area contributed by atoms with Crippen LogP contribution in [0.1, 0.15) is 51.0 Å². The largest absolute Gasteiger partial charge is 0.271 e. The molecule has 1 aliphatic carbocycles. The van der Waals surface area contributed by atoms with Gasteiger partial charge in [-0.15, -0.1) is 0 Å². The minimum atomic E-state index is -0.199. The van der Waals surface area contributed by atoms with Crippen molar-refractivity contribution in [2.75, 3.05) is 0 Å². The van der Waals surface area contributed by atoms with Gasteiger partial charge in [0.2, 0.25) is 0 Å². The van der Waals surface area contributed by atoms with Crippen molar-refractivity contribution in [2.45, 2.75) is 57.9 Å². The minimum absolute atomic E-state index is 0.199. The first kappa shape index (κ1) is 16.9. The number of halogens is 2. The van der Waals surface area contributed by atoms with E-state index >= 15 is 0 Å². The lowest BCUT2D eigenvalue weighted by molar-refractivity contribution is 0.213. The zero-order valence-electron chi connectivity index (χ0n) is 12.7. The molecule has 0 radical (unpaired) electrons. The van der Waals surface area contributed by atoms with E-state index in [1.165, 1.54) is 44.6 Å². The van der Waals surface area contributed by atoms with Crippen molar-refractivity contribution in [1.82, 2.24) is 5.43 Å². The van der Waals surface area contributed by atoms with Crippen molar-refractivity contribution >= 4 is 15.9 Å². The van der Waals surface area contributed by atoms with Crippen LogP contribution in [0.15, 0.2) is 22.7 Å². The molecule has 0 bridgehead atoms. The molecule has 1 aromatic rings. The molecular formula is C17H26BrFN2. The van der Waals surface area contributed by atoms with Crippen molar-refractivity contribution in [1.29, 1.82) is 0 Å². The van der Waals surface area contributed by atoms with Gasteiger partial charge in [0.05, 0.1) is 4.47 Å². The van der Waals surface area contributed by atoms with Gasteiger partial charge in [-0.1, -0.05) is 44.7 Å². The molecule has 0 aliphatic heterocycles. The summed E-state index contributed by atoms with van der Waals surface area (Å²) in [5, 5.41) is 0. The van der Waals surface area contributed by atoms with Crippen molar-refractivity contribution in [2.24, 2.45) is 17.7 Å². The van der Waals surface area contributed by atoms with Gasteiger partial charge in [-0.2, -0.15) is 0 Å². The van der Waals surface area contributed by atoms with Crippen molar-refractivity contribution < 1.29 is 4.39 Å². The van der Waals surface area contributed by atoms with Gasteiger partial charge in [0.25, 0.3) is 0 Å². The Morgan fingerprint density at radius 2 is 2.05 bits per heavy atom. The number of hydrogen-bond donors (Lipinski definition) is 2. The van der Waals surface area contributed by atoms with E-state index in [1.54, 1.807) is 6.07 Å². The van der Waals surface area contributed by atoms with Crippen LogP contribution in [0.3, 0.4) is 0 Å². The maximum atomic E-state index is 13.6. The molecule has 1 aliphatic rings. The van der Waals surface area contributed by atoms with E-state index in [9.17, 15) is 4.39 Å². The van der Waals surface area contributed by atoms with Crippen LogP contribution in [0.2, 0.25) is 0 Å². The Bertz CT molecular complexity index is 444. The fraction of sp³-hybridized carbons (Fsp3) is 0.647. The number of nitrogens with two attached hydrogens (primary N) is 1. The highest BCUT2D eigenvalue weighted by Gasteiger charge is 2.27. The van der Waals surface area contributed by atoms with Crippen LogP contribution in [-0.2, 0) is 6.42 Å². The minimum Gasteiger partial charge on any atom is -0.271 e. The Morgan fingerprint density at radius 3 is 2.67 bits per heavy atom. The second-order valence-electron chi connectivity index (χ2n) is 6.26. The lowest BCUT2D eigenvalue weighted by Gasteiger charge is -2.33. The molecule has 0 aromatic heterocycles. The van der Waals surface area contributed by atoms with E-state index in [2.05, 4.69) is 28.3 Å². The summed E-state index contributed by atoms with van der Waals surface area (Å²) in [7, 11) is 0. The second kappa shape index (κ2) is 8.25. The van der Waals surface area contributed by atoms with E-state index in [1.807, 2.05) is 6.07 Å². The summed E-state index contributed by atoms with van der Waals surface area (Å²) >= 11 is 3.35. The van der Waals surface area contributed by atoms with E-state index in [4.69, 9.17) is 5.84 Å². The topological polar surface area (TPSA) is 38.0 Å². The average molecular weight is 357 g/mol. The Balaban J connectivity index is 1.96. The third-order valence-electron chi connectivity index (χ3n) is 4.84. The molecule has 0 saturated heterocycles. The molecule has 0 amide bonds. The van der Waals surface area contributed by atoms with Crippen LogP contribution in [0.25, 0.3) is 0 Å². The van der Waals surface area contributed by atoms with Crippen molar-refractivity contribution in [3.05, 3.63) is 34.1 Å². The zero-order chi connectivity index (χ0) is 15.2. The first-order chi connectivity index (χ1) is 10.2. The molecule has 1 unspecified atom stereocenters. The third-order valence-corrected chi connectivity index (χ3v) is 5.73. The van der Waals surface area contributed by atoms with Crippen LogP contribution in [-0.4, -0.2) is 6.04 Å². The van der Waals surface area contributed by atoms with Gasteiger partial charge >= 0.3 is 0 Å². The van der Waals surface area contributed by atoms with E-state index in [0.717, 1.165) is 17.9 Å². The average Bonchev–Trinajstić information content (AvgIpc) is 2.50. The van der Waals surface area contributed by atoms with Gasteiger partial charge in [-0.25, -0.2) is 4.39 Å². The molecule has 2 nitrogen and oxygen atoms in total. The van der Waals surface area contributed by atoms with Crippen LogP contribution >= 0.6 is 15.9 Å². The molecule has 118 valence electrons. The maximum absolute atomic E-state index is 13.6. The van der Waals surface area contributed by atoms with Crippen LogP contribution < -0.4 is 11.3 Å². The highest BCUT2D eigenvalue weighted by atomic mass is 79.9. The molecule has 0 heterocycles. The summed E-state index contributed by atoms with van der Waals surface area (Å²) in [6, 6.07) is 5.45. The number of rotatable bonds is 6. The molecule has 1 saturated carbocycles. The molecule has 21 heavy (non-hydrogen) atoms. The van der Waals surface area contributed by atoms with E-state index in [-0.39, 0.29) is 11.9 Å². The Hall–Kier alpha value is -0.450. The van der Waals surface area contributed by atoms with Gasteiger partial charge < -0.3 is 0 Å². The Kier molecular flexibility index (Phi) is 6.65. The van der Waals surface area contributed by atoms with Crippen LogP contribution in [0, 0.1) is 17.7 Å². The smallest absolute Gasteiger partial charge is 0.137 e. The molecule has 4 heteroatoms. The summed E-state index contributed by atoms with van der Waals surface area (Å²) in [6.45, 7) is 2.26. The van der Waals surface area contributed by atoms with Gasteiger partial charge in [0, 0.05) is 6.04 Å². The fourth-order valence-electron chi connectivity index (χ4n) is 3.59. The summed E-state index contributed by atoms with van der Waals surface area (Å²) in [5.41, 5.74) is 3.96. The molecular weight excluding hydrogens is 331 g/mol. The summed E-state index contributed by atoms with van der Waals surface area (Å²) in [4.78, 5) is 0. The SMILES string of the molecule is CCCC1CCC(C(Cc2cccc(F)c2Br)NN)CC1. The van der Waals surface area contributed by atoms with Gasteiger partial charge in [0.15, 0.2) is 0 Å². The highest BCUT2D eigenvalue weighted by molar-refractivity contribution is 9.10. The fourth-order valence-corrected chi connectivity index (χ4v) is 4.02. The summed E-state index contributed by atoms with van der Waals surface area (Å²) in [5.74, 6) is 7.06. The molecule has 1 aromatic carbocycles. The predicted octanol–water partition coefficient (Wildman–Crippen LogP) is 4.57. The molecule has 3 N–H and O–H groups in total. The molecule has 1 fully saturated rings. The zero-order valence-corrected chi connectivity index (χ0v) is 14.3. The van der Waals surface area contributed by atoms with Gasteiger partial charge in [-0.05, 0) is 58.7 Å². The van der Waals surface area contributed by atoms with Crippen LogP contribution in [0.4, 0.5) is 4.39 Å². The normalized spacial score (nSPS) is 24.0. The molecule has 1 atom stereocenters. The standard InChI is InChI=1S/C17H26BrFN2/c1-2-4-12-7-9-13(10-8-12)16(21-20)11-14-5-3-6-15(19)17(14)18/h3,5-6,12-13,16,21H,2,4,7-11,20H2,1H3. The first-order valence-corrected chi connectivity index (χ1v) is 8.84.